The first kappa shape index (κ1) is 14.5. The Morgan fingerprint density at radius 1 is 1.13 bits per heavy atom. The van der Waals surface area contributed by atoms with Crippen LogP contribution in [0.25, 0.3) is 0 Å². The summed E-state index contributed by atoms with van der Waals surface area (Å²) in [6, 6.07) is 0. The molecule has 6 heteroatoms. The van der Waals surface area contributed by atoms with E-state index >= 15 is 0 Å². The van der Waals surface area contributed by atoms with E-state index < -0.39 is 13.5 Å². The van der Waals surface area contributed by atoms with Gasteiger partial charge < -0.3 is 18.9 Å². The van der Waals surface area contributed by atoms with Crippen LogP contribution in [0.1, 0.15) is 27.7 Å². The van der Waals surface area contributed by atoms with Gasteiger partial charge in [-0.05, 0) is 27.4 Å². The van der Waals surface area contributed by atoms with E-state index in [4.69, 9.17) is 13.8 Å². The zero-order valence-electron chi connectivity index (χ0n) is 9.61. The molecule has 0 bridgehead atoms. The van der Waals surface area contributed by atoms with Gasteiger partial charge >= 0.3 is 7.60 Å². The van der Waals surface area contributed by atoms with Gasteiger partial charge in [0.2, 0.25) is 0 Å². The van der Waals surface area contributed by atoms with E-state index in [2.05, 4.69) is 0 Å². The van der Waals surface area contributed by atoms with Crippen molar-refractivity contribution in [1.29, 1.82) is 0 Å². The summed E-state index contributed by atoms with van der Waals surface area (Å²) >= 11 is 0. The van der Waals surface area contributed by atoms with Crippen LogP contribution in [0, 0.1) is 0 Å². The lowest BCUT2D eigenvalue weighted by Gasteiger charge is -2.22. The molecule has 0 aliphatic heterocycles. The Morgan fingerprint density at radius 3 is 1.93 bits per heavy atom. The van der Waals surface area contributed by atoms with Gasteiger partial charge in [0.05, 0.1) is 24.5 Å². The van der Waals surface area contributed by atoms with Gasteiger partial charge in [0, 0.05) is 0 Å². The van der Waals surface area contributed by atoms with Crippen molar-refractivity contribution >= 4 is 7.60 Å². The smallest absolute Gasteiger partial charge is 0.358 e. The molecule has 90 valence electrons. The number of allylic oxidation sites excluding steroid dienone is 1. The van der Waals surface area contributed by atoms with E-state index in [9.17, 15) is 9.67 Å². The third-order valence-corrected chi connectivity index (χ3v) is 3.78. The van der Waals surface area contributed by atoms with Crippen molar-refractivity contribution in [3.05, 3.63) is 11.3 Å². The van der Waals surface area contributed by atoms with E-state index in [0.29, 0.717) is 0 Å². The minimum Gasteiger partial charge on any atom is -0.613 e. The van der Waals surface area contributed by atoms with Crippen LogP contribution in [0.15, 0.2) is 11.3 Å². The lowest BCUT2D eigenvalue weighted by molar-refractivity contribution is -0.357. The SMILES string of the molecule is CCO/C([O-])=C(\C)P(=O)(OCC)OCC. The molecule has 0 N–H and O–H groups in total. The summed E-state index contributed by atoms with van der Waals surface area (Å²) in [6.07, 6.45) is 0. The highest BCUT2D eigenvalue weighted by Gasteiger charge is 2.27. The molecule has 0 spiro atoms. The number of hydrogen-bond acceptors (Lipinski definition) is 5. The first-order valence-electron chi connectivity index (χ1n) is 4.92. The second-order valence-electron chi connectivity index (χ2n) is 2.64. The Morgan fingerprint density at radius 2 is 1.60 bits per heavy atom. The van der Waals surface area contributed by atoms with E-state index in [1.165, 1.54) is 6.92 Å². The third-order valence-electron chi connectivity index (χ3n) is 1.58. The van der Waals surface area contributed by atoms with E-state index in [1.807, 2.05) is 0 Å². The lowest BCUT2D eigenvalue weighted by Crippen LogP contribution is -2.12. The van der Waals surface area contributed by atoms with E-state index in [0.717, 1.165) is 0 Å². The van der Waals surface area contributed by atoms with Gasteiger partial charge in [-0.2, -0.15) is 0 Å². The van der Waals surface area contributed by atoms with Gasteiger partial charge in [-0.1, -0.05) is 6.92 Å². The largest absolute Gasteiger partial charge is 0.613 e. The summed E-state index contributed by atoms with van der Waals surface area (Å²) in [5.41, 5.74) is 0. The normalized spacial score (nSPS) is 13.6. The molecule has 0 aliphatic carbocycles. The molecule has 0 aromatic carbocycles. The number of rotatable bonds is 7. The Balaban J connectivity index is 4.90. The van der Waals surface area contributed by atoms with Crippen molar-refractivity contribution in [2.75, 3.05) is 19.8 Å². The van der Waals surface area contributed by atoms with Crippen LogP contribution in [-0.2, 0) is 18.3 Å². The molecule has 0 unspecified atom stereocenters. The summed E-state index contributed by atoms with van der Waals surface area (Å²) in [6.45, 7) is 7.12. The van der Waals surface area contributed by atoms with Crippen molar-refractivity contribution in [2.24, 2.45) is 0 Å². The predicted octanol–water partition coefficient (Wildman–Crippen LogP) is 1.84. The first-order valence-corrected chi connectivity index (χ1v) is 6.46. The van der Waals surface area contributed by atoms with Crippen molar-refractivity contribution in [3.8, 4) is 0 Å². The van der Waals surface area contributed by atoms with Crippen LogP contribution in [0.2, 0.25) is 0 Å². The molecular formula is C9H18O5P-. The fourth-order valence-corrected chi connectivity index (χ4v) is 2.35. The fraction of sp³-hybridized carbons (Fsp3) is 0.778. The minimum absolute atomic E-state index is 0.00644. The monoisotopic (exact) mass is 237 g/mol. The van der Waals surface area contributed by atoms with Crippen LogP contribution in [0.3, 0.4) is 0 Å². The highest BCUT2D eigenvalue weighted by molar-refractivity contribution is 7.58. The van der Waals surface area contributed by atoms with Crippen LogP contribution >= 0.6 is 7.60 Å². The Hall–Kier alpha value is -0.510. The molecule has 0 aromatic heterocycles. The molecule has 15 heavy (non-hydrogen) atoms. The Labute approximate surface area is 90.6 Å². The molecule has 0 aromatic rings. The highest BCUT2D eigenvalue weighted by Crippen LogP contribution is 2.56. The molecule has 0 saturated carbocycles. The maximum Gasteiger partial charge on any atom is 0.358 e. The van der Waals surface area contributed by atoms with Gasteiger partial charge in [-0.25, -0.2) is 0 Å². The number of hydrogen-bond donors (Lipinski definition) is 0. The molecule has 5 nitrogen and oxygen atoms in total. The summed E-state index contributed by atoms with van der Waals surface area (Å²) in [7, 11) is -3.45. The standard InChI is InChI=1S/C9H19O5P/c1-5-12-9(10)8(4)15(11,13-6-2)14-7-3/h10H,5-7H2,1-4H3/p-1/b9-8+. The quantitative estimate of drug-likeness (QED) is 0.499. The molecule has 0 rings (SSSR count). The maximum atomic E-state index is 12.0. The van der Waals surface area contributed by atoms with E-state index in [1.54, 1.807) is 20.8 Å². The topological polar surface area (TPSA) is 67.8 Å². The van der Waals surface area contributed by atoms with Crippen molar-refractivity contribution in [3.63, 3.8) is 0 Å². The number of ether oxygens (including phenoxy) is 1. The summed E-state index contributed by atoms with van der Waals surface area (Å²) in [5, 5.41) is 11.3. The zero-order chi connectivity index (χ0) is 11.9. The van der Waals surface area contributed by atoms with Crippen molar-refractivity contribution in [2.45, 2.75) is 27.7 Å². The van der Waals surface area contributed by atoms with Gasteiger partial charge in [0.15, 0.2) is 0 Å². The van der Waals surface area contributed by atoms with E-state index in [-0.39, 0.29) is 25.1 Å². The van der Waals surface area contributed by atoms with Crippen molar-refractivity contribution < 1.29 is 23.5 Å². The molecule has 0 heterocycles. The molecule has 0 radical (unpaired) electrons. The van der Waals surface area contributed by atoms with Crippen LogP contribution in [0.4, 0.5) is 0 Å². The summed E-state index contributed by atoms with van der Waals surface area (Å²) < 4.78 is 26.8. The Kier molecular flexibility index (Phi) is 6.65. The van der Waals surface area contributed by atoms with Gasteiger partial charge in [-0.3, -0.25) is 4.57 Å². The lowest BCUT2D eigenvalue weighted by atomic mass is 10.7. The fourth-order valence-electron chi connectivity index (χ4n) is 0.918. The molecular weight excluding hydrogens is 219 g/mol. The Bertz CT molecular complexity index is 251. The highest BCUT2D eigenvalue weighted by atomic mass is 31.2. The second kappa shape index (κ2) is 6.88. The molecule has 0 atom stereocenters. The zero-order valence-corrected chi connectivity index (χ0v) is 10.5. The molecule has 0 aliphatic rings. The summed E-state index contributed by atoms with van der Waals surface area (Å²) in [4.78, 5) is 0. The van der Waals surface area contributed by atoms with Crippen LogP contribution < -0.4 is 5.11 Å². The second-order valence-corrected chi connectivity index (χ2v) is 4.82. The molecule has 0 fully saturated rings. The summed E-state index contributed by atoms with van der Waals surface area (Å²) in [5.74, 6) is -0.636. The van der Waals surface area contributed by atoms with Gasteiger partial charge in [0.25, 0.3) is 0 Å². The van der Waals surface area contributed by atoms with Gasteiger partial charge in [0.1, 0.15) is 0 Å². The average Bonchev–Trinajstić information content (AvgIpc) is 2.17. The maximum absolute atomic E-state index is 12.0. The molecule has 0 amide bonds. The third kappa shape index (κ3) is 4.24. The van der Waals surface area contributed by atoms with Crippen LogP contribution in [-0.4, -0.2) is 19.8 Å². The average molecular weight is 237 g/mol. The molecule has 0 saturated heterocycles. The van der Waals surface area contributed by atoms with Crippen molar-refractivity contribution in [1.82, 2.24) is 0 Å². The van der Waals surface area contributed by atoms with Crippen LogP contribution in [0.5, 0.6) is 0 Å². The minimum atomic E-state index is -3.45. The predicted molar refractivity (Wildman–Crippen MR) is 55.2 cm³/mol. The van der Waals surface area contributed by atoms with Gasteiger partial charge in [-0.15, -0.1) is 0 Å². The first-order chi connectivity index (χ1) is 7.01.